The summed E-state index contributed by atoms with van der Waals surface area (Å²) in [7, 11) is 0. The summed E-state index contributed by atoms with van der Waals surface area (Å²) in [5.74, 6) is 0. The number of ether oxygens (including phenoxy) is 1. The summed E-state index contributed by atoms with van der Waals surface area (Å²) >= 11 is 0. The highest BCUT2D eigenvalue weighted by atomic mass is 16.5. The normalized spacial score (nSPS) is 19.1. The lowest BCUT2D eigenvalue weighted by atomic mass is 9.82. The molecule has 1 heterocycles. The second kappa shape index (κ2) is 5.52. The summed E-state index contributed by atoms with van der Waals surface area (Å²) in [6, 6.07) is 8.06. The highest BCUT2D eigenvalue weighted by Crippen LogP contribution is 2.28. The molecule has 0 saturated carbocycles. The fourth-order valence-electron chi connectivity index (χ4n) is 2.19. The van der Waals surface area contributed by atoms with Gasteiger partial charge in [0.25, 0.3) is 0 Å². The average molecular weight is 234 g/mol. The second-order valence-electron chi connectivity index (χ2n) is 5.27. The summed E-state index contributed by atoms with van der Waals surface area (Å²) < 4.78 is 5.40. The average Bonchev–Trinajstić information content (AvgIpc) is 2.32. The number of benzene rings is 1. The molecule has 3 N–H and O–H groups in total. The maximum absolute atomic E-state index is 5.66. The van der Waals surface area contributed by atoms with E-state index < -0.39 is 0 Å². The van der Waals surface area contributed by atoms with Gasteiger partial charge >= 0.3 is 0 Å². The number of hydrogen-bond donors (Lipinski definition) is 2. The summed E-state index contributed by atoms with van der Waals surface area (Å²) in [6.07, 6.45) is 2.31. The van der Waals surface area contributed by atoms with Crippen molar-refractivity contribution in [3.63, 3.8) is 0 Å². The Labute approximate surface area is 103 Å². The van der Waals surface area contributed by atoms with Crippen LogP contribution in [-0.4, -0.2) is 19.8 Å². The van der Waals surface area contributed by atoms with Gasteiger partial charge < -0.3 is 15.8 Å². The highest BCUT2D eigenvalue weighted by Gasteiger charge is 2.26. The number of anilines is 1. The number of nitrogens with one attached hydrogen (secondary N) is 1. The van der Waals surface area contributed by atoms with Crippen LogP contribution in [0.1, 0.15) is 25.3 Å². The standard InChI is InChI=1S/C14H22N2O/c1-14(6-8-17-9-7-14)11-16-10-12-2-4-13(15)5-3-12/h2-5,16H,6-11,15H2,1H3. The highest BCUT2D eigenvalue weighted by molar-refractivity contribution is 5.39. The van der Waals surface area contributed by atoms with Crippen LogP contribution in [0.3, 0.4) is 0 Å². The third kappa shape index (κ3) is 3.72. The largest absolute Gasteiger partial charge is 0.399 e. The number of nitrogens with two attached hydrogens (primary N) is 1. The van der Waals surface area contributed by atoms with Crippen molar-refractivity contribution in [2.75, 3.05) is 25.5 Å². The van der Waals surface area contributed by atoms with Crippen LogP contribution < -0.4 is 11.1 Å². The van der Waals surface area contributed by atoms with Crippen molar-refractivity contribution in [1.82, 2.24) is 5.32 Å². The molecule has 0 atom stereocenters. The first-order valence-electron chi connectivity index (χ1n) is 6.31. The minimum absolute atomic E-state index is 0.395. The van der Waals surface area contributed by atoms with Crippen LogP contribution >= 0.6 is 0 Å². The van der Waals surface area contributed by atoms with Crippen LogP contribution in [0.4, 0.5) is 5.69 Å². The minimum Gasteiger partial charge on any atom is -0.399 e. The Kier molecular flexibility index (Phi) is 4.02. The van der Waals surface area contributed by atoms with Gasteiger partial charge in [0, 0.05) is 32.0 Å². The zero-order valence-electron chi connectivity index (χ0n) is 10.5. The Morgan fingerprint density at radius 2 is 1.88 bits per heavy atom. The molecule has 0 spiro atoms. The topological polar surface area (TPSA) is 47.3 Å². The summed E-state index contributed by atoms with van der Waals surface area (Å²) in [6.45, 7) is 6.11. The van der Waals surface area contributed by atoms with Crippen molar-refractivity contribution in [3.8, 4) is 0 Å². The van der Waals surface area contributed by atoms with E-state index in [0.29, 0.717) is 5.41 Å². The van der Waals surface area contributed by atoms with Crippen molar-refractivity contribution in [2.45, 2.75) is 26.3 Å². The van der Waals surface area contributed by atoms with Crippen LogP contribution in [0.15, 0.2) is 24.3 Å². The van der Waals surface area contributed by atoms with Gasteiger partial charge in [0.1, 0.15) is 0 Å². The maximum Gasteiger partial charge on any atom is 0.0471 e. The molecular weight excluding hydrogens is 212 g/mol. The molecule has 0 radical (unpaired) electrons. The Morgan fingerprint density at radius 3 is 2.53 bits per heavy atom. The van der Waals surface area contributed by atoms with Crippen LogP contribution in [0.25, 0.3) is 0 Å². The molecular formula is C14H22N2O. The molecule has 2 rings (SSSR count). The van der Waals surface area contributed by atoms with E-state index in [1.165, 1.54) is 5.56 Å². The first kappa shape index (κ1) is 12.4. The third-order valence-corrected chi connectivity index (χ3v) is 3.56. The molecule has 1 fully saturated rings. The SMILES string of the molecule is CC1(CNCc2ccc(N)cc2)CCOCC1. The van der Waals surface area contributed by atoms with E-state index in [1.54, 1.807) is 0 Å². The van der Waals surface area contributed by atoms with Gasteiger partial charge in [-0.3, -0.25) is 0 Å². The quantitative estimate of drug-likeness (QED) is 0.785. The molecule has 1 aliphatic heterocycles. The van der Waals surface area contributed by atoms with Crippen molar-refractivity contribution >= 4 is 5.69 Å². The Bertz CT molecular complexity index is 342. The van der Waals surface area contributed by atoms with E-state index in [1.807, 2.05) is 12.1 Å². The monoisotopic (exact) mass is 234 g/mol. The van der Waals surface area contributed by atoms with E-state index >= 15 is 0 Å². The van der Waals surface area contributed by atoms with Gasteiger partial charge in [-0.1, -0.05) is 19.1 Å². The molecule has 0 bridgehead atoms. The van der Waals surface area contributed by atoms with E-state index in [2.05, 4.69) is 24.4 Å². The molecule has 1 saturated heterocycles. The molecule has 0 aliphatic carbocycles. The molecule has 94 valence electrons. The zero-order valence-corrected chi connectivity index (χ0v) is 10.5. The van der Waals surface area contributed by atoms with Gasteiger partial charge in [0.05, 0.1) is 0 Å². The number of nitrogen functional groups attached to an aromatic ring is 1. The molecule has 1 aromatic carbocycles. The molecule has 3 nitrogen and oxygen atoms in total. The Hall–Kier alpha value is -1.06. The van der Waals surface area contributed by atoms with Gasteiger partial charge in [-0.15, -0.1) is 0 Å². The van der Waals surface area contributed by atoms with Crippen molar-refractivity contribution in [3.05, 3.63) is 29.8 Å². The van der Waals surface area contributed by atoms with Crippen molar-refractivity contribution < 1.29 is 4.74 Å². The van der Waals surface area contributed by atoms with E-state index in [9.17, 15) is 0 Å². The van der Waals surface area contributed by atoms with E-state index in [0.717, 1.165) is 44.8 Å². The van der Waals surface area contributed by atoms with Crippen molar-refractivity contribution in [2.24, 2.45) is 5.41 Å². The lowest BCUT2D eigenvalue weighted by Gasteiger charge is -2.33. The first-order valence-corrected chi connectivity index (χ1v) is 6.31. The third-order valence-electron chi connectivity index (χ3n) is 3.56. The van der Waals surface area contributed by atoms with Crippen LogP contribution in [0.2, 0.25) is 0 Å². The molecule has 0 unspecified atom stereocenters. The fraction of sp³-hybridized carbons (Fsp3) is 0.571. The van der Waals surface area contributed by atoms with Gasteiger partial charge in [-0.05, 0) is 36.0 Å². The molecule has 17 heavy (non-hydrogen) atoms. The fourth-order valence-corrected chi connectivity index (χ4v) is 2.19. The molecule has 0 amide bonds. The van der Waals surface area contributed by atoms with E-state index in [-0.39, 0.29) is 0 Å². The van der Waals surface area contributed by atoms with E-state index in [4.69, 9.17) is 10.5 Å². The maximum atomic E-state index is 5.66. The predicted molar refractivity (Wildman–Crippen MR) is 70.7 cm³/mol. The second-order valence-corrected chi connectivity index (χ2v) is 5.27. The smallest absolute Gasteiger partial charge is 0.0471 e. The Morgan fingerprint density at radius 1 is 1.24 bits per heavy atom. The summed E-state index contributed by atoms with van der Waals surface area (Å²) in [4.78, 5) is 0. The van der Waals surface area contributed by atoms with Crippen LogP contribution in [-0.2, 0) is 11.3 Å². The summed E-state index contributed by atoms with van der Waals surface area (Å²) in [5.41, 5.74) is 8.16. The molecule has 3 heteroatoms. The Balaban J connectivity index is 1.77. The van der Waals surface area contributed by atoms with Gasteiger partial charge in [0.2, 0.25) is 0 Å². The van der Waals surface area contributed by atoms with Gasteiger partial charge in [-0.25, -0.2) is 0 Å². The lowest BCUT2D eigenvalue weighted by Crippen LogP contribution is -2.36. The number of rotatable bonds is 4. The molecule has 1 aliphatic rings. The zero-order chi connectivity index (χ0) is 12.1. The van der Waals surface area contributed by atoms with Crippen LogP contribution in [0.5, 0.6) is 0 Å². The van der Waals surface area contributed by atoms with Gasteiger partial charge in [-0.2, -0.15) is 0 Å². The van der Waals surface area contributed by atoms with Gasteiger partial charge in [0.15, 0.2) is 0 Å². The molecule has 1 aromatic rings. The number of hydrogen-bond acceptors (Lipinski definition) is 3. The first-order chi connectivity index (χ1) is 8.18. The minimum atomic E-state index is 0.395. The van der Waals surface area contributed by atoms with Crippen molar-refractivity contribution in [1.29, 1.82) is 0 Å². The summed E-state index contributed by atoms with van der Waals surface area (Å²) in [5, 5.41) is 3.53. The van der Waals surface area contributed by atoms with Crippen LogP contribution in [0, 0.1) is 5.41 Å². The lowest BCUT2D eigenvalue weighted by molar-refractivity contribution is 0.0240. The predicted octanol–water partition coefficient (Wildman–Crippen LogP) is 2.18. The molecule has 0 aromatic heterocycles.